The highest BCUT2D eigenvalue weighted by atomic mass is 32.2. The summed E-state index contributed by atoms with van der Waals surface area (Å²) in [7, 11) is -4.30. The summed E-state index contributed by atoms with van der Waals surface area (Å²) in [5.74, 6) is -3.97. The maximum atomic E-state index is 14.9. The van der Waals surface area contributed by atoms with Crippen molar-refractivity contribution in [3.05, 3.63) is 85.5 Å². The van der Waals surface area contributed by atoms with Crippen molar-refractivity contribution in [3.63, 3.8) is 0 Å². The molecule has 11 nitrogen and oxygen atoms in total. The highest BCUT2D eigenvalue weighted by molar-refractivity contribution is 8.00. The van der Waals surface area contributed by atoms with Crippen molar-refractivity contribution < 1.29 is 41.1 Å². The Hall–Kier alpha value is -4.24. The average molecular weight is 885 g/mol. The number of nitrogens with one attached hydrogen (secondary N) is 3. The van der Waals surface area contributed by atoms with E-state index in [1.807, 2.05) is 54.6 Å². The molecule has 2 aliphatic carbocycles. The standard InChI is InChI=1S/C46H62F2N4O7S2/c1-9-11-12-13-17-24-44(25-26-44)61(57,58)51-40(55)46(28-34(46)37(47)48)50-38(53)35-29-45(60-27-10-2,33-22-20-32(21-23-33)31-18-15-14-16-19-31)30-52(35)39(54)36(42(3,4)5)49-41(56)59-43(6,7)8/h9-10,14-16,18-23,34-37H,1-2,11-13,17,24-30H2,3-8H3,(H,49,56)(H,50,53)(H,51,55). The number of carbonyl (C=O) groups is 4. The van der Waals surface area contributed by atoms with Gasteiger partial charge in [-0.05, 0) is 87.8 Å². The molecule has 4 amide bonds. The summed E-state index contributed by atoms with van der Waals surface area (Å²) in [5, 5.41) is 5.29. The van der Waals surface area contributed by atoms with Crippen molar-refractivity contribution in [2.45, 2.75) is 138 Å². The maximum absolute atomic E-state index is 14.9. The van der Waals surface area contributed by atoms with Crippen LogP contribution in [0.2, 0.25) is 0 Å². The Bertz CT molecular complexity index is 2050. The van der Waals surface area contributed by atoms with Crippen molar-refractivity contribution in [2.75, 3.05) is 12.3 Å². The quantitative estimate of drug-likeness (QED) is 0.0943. The van der Waals surface area contributed by atoms with Crippen LogP contribution in [0.4, 0.5) is 13.6 Å². The van der Waals surface area contributed by atoms with E-state index >= 15 is 0 Å². The molecule has 3 N–H and O–H groups in total. The number of rotatable bonds is 19. The van der Waals surface area contributed by atoms with E-state index in [1.54, 1.807) is 53.7 Å². The predicted molar refractivity (Wildman–Crippen MR) is 236 cm³/mol. The van der Waals surface area contributed by atoms with Crippen LogP contribution in [0.25, 0.3) is 11.1 Å². The lowest BCUT2D eigenvalue weighted by molar-refractivity contribution is -0.143. The molecule has 61 heavy (non-hydrogen) atoms. The van der Waals surface area contributed by atoms with E-state index in [9.17, 15) is 36.4 Å². The highest BCUT2D eigenvalue weighted by Gasteiger charge is 2.68. The van der Waals surface area contributed by atoms with Crippen LogP contribution in [0, 0.1) is 11.3 Å². The number of alkyl carbamates (subject to hydrolysis) is 1. The van der Waals surface area contributed by atoms with Gasteiger partial charge < -0.3 is 20.3 Å². The summed E-state index contributed by atoms with van der Waals surface area (Å²) in [4.78, 5) is 58.3. The molecule has 1 aliphatic heterocycles. The number of amides is 4. The number of likely N-dealkylation sites (tertiary alicyclic amines) is 1. The molecule has 15 heteroatoms. The number of hydrogen-bond acceptors (Lipinski definition) is 8. The summed E-state index contributed by atoms with van der Waals surface area (Å²) >= 11 is 1.46. The van der Waals surface area contributed by atoms with E-state index in [0.29, 0.717) is 31.4 Å². The van der Waals surface area contributed by atoms with Crippen LogP contribution in [0.15, 0.2) is 79.9 Å². The SMILES string of the molecule is C=CCCCCCC1(S(=O)(=O)NC(=O)C2(NC(=O)C3CC(SCC=C)(c4ccc(-c5ccccc5)cc4)CN3C(=O)C(NC(=O)OC(C)(C)C)C(C)(C)C)CC2C(F)F)CC1. The van der Waals surface area contributed by atoms with Gasteiger partial charge in [0.05, 0.1) is 15.4 Å². The normalized spacial score (nSPS) is 23.7. The number of unbranched alkanes of at least 4 members (excludes halogenated alkanes) is 3. The highest BCUT2D eigenvalue weighted by Crippen LogP contribution is 2.52. The van der Waals surface area contributed by atoms with Crippen LogP contribution < -0.4 is 15.4 Å². The van der Waals surface area contributed by atoms with Gasteiger partial charge in [-0.15, -0.1) is 24.9 Å². The zero-order valence-electron chi connectivity index (χ0n) is 36.2. The first-order valence-corrected chi connectivity index (χ1v) is 23.5. The molecule has 2 aromatic carbocycles. The smallest absolute Gasteiger partial charge is 0.408 e. The van der Waals surface area contributed by atoms with Gasteiger partial charge in [-0.1, -0.05) is 100 Å². The van der Waals surface area contributed by atoms with Crippen molar-refractivity contribution in [1.29, 1.82) is 0 Å². The molecule has 5 rings (SSSR count). The number of thioether (sulfide) groups is 1. The Kier molecular flexibility index (Phi) is 14.6. The number of hydrogen-bond donors (Lipinski definition) is 3. The molecular formula is C46H62F2N4O7S2. The van der Waals surface area contributed by atoms with Gasteiger partial charge in [-0.25, -0.2) is 22.0 Å². The third-order valence-electron chi connectivity index (χ3n) is 11.9. The Morgan fingerprint density at radius 3 is 2.10 bits per heavy atom. The number of benzene rings is 2. The van der Waals surface area contributed by atoms with Crippen LogP contribution >= 0.6 is 11.8 Å². The Morgan fingerprint density at radius 2 is 1.56 bits per heavy atom. The number of halogens is 2. The molecule has 334 valence electrons. The molecule has 3 aliphatic rings. The van der Waals surface area contributed by atoms with E-state index in [0.717, 1.165) is 36.0 Å². The first kappa shape index (κ1) is 47.8. The van der Waals surface area contributed by atoms with Crippen molar-refractivity contribution in [2.24, 2.45) is 11.3 Å². The van der Waals surface area contributed by atoms with Crippen LogP contribution in [0.3, 0.4) is 0 Å². The van der Waals surface area contributed by atoms with Gasteiger partial charge in [0.25, 0.3) is 5.91 Å². The fourth-order valence-corrected chi connectivity index (χ4v) is 11.1. The summed E-state index contributed by atoms with van der Waals surface area (Å²) in [6, 6.07) is 15.0. The molecule has 3 fully saturated rings. The van der Waals surface area contributed by atoms with E-state index in [-0.39, 0.29) is 13.0 Å². The van der Waals surface area contributed by atoms with Gasteiger partial charge in [-0.2, -0.15) is 0 Å². The van der Waals surface area contributed by atoms with Crippen molar-refractivity contribution >= 4 is 45.6 Å². The summed E-state index contributed by atoms with van der Waals surface area (Å²) in [6.45, 7) is 17.9. The first-order valence-electron chi connectivity index (χ1n) is 21.0. The number of sulfonamides is 1. The summed E-state index contributed by atoms with van der Waals surface area (Å²) < 4.78 is 62.1. The molecule has 5 unspecified atom stereocenters. The van der Waals surface area contributed by atoms with Gasteiger partial charge in [0.2, 0.25) is 28.3 Å². The van der Waals surface area contributed by atoms with Crippen molar-refractivity contribution in [3.8, 4) is 11.1 Å². The molecule has 1 heterocycles. The number of nitrogens with zero attached hydrogens (tertiary/aromatic N) is 1. The van der Waals surface area contributed by atoms with E-state index in [1.165, 1.54) is 16.7 Å². The van der Waals surface area contributed by atoms with Crippen LogP contribution in [-0.2, 0) is 33.9 Å². The molecule has 5 atom stereocenters. The number of carbonyl (C=O) groups excluding carboxylic acids is 4. The van der Waals surface area contributed by atoms with Crippen LogP contribution in [0.5, 0.6) is 0 Å². The molecular weight excluding hydrogens is 823 g/mol. The van der Waals surface area contributed by atoms with Crippen LogP contribution in [-0.4, -0.2) is 83.8 Å². The second-order valence-electron chi connectivity index (χ2n) is 18.8. The minimum absolute atomic E-state index is 0.00136. The minimum atomic E-state index is -4.30. The Balaban J connectivity index is 1.50. The molecule has 2 saturated carbocycles. The predicted octanol–water partition coefficient (Wildman–Crippen LogP) is 8.26. The number of allylic oxidation sites excluding steroid dienone is 1. The monoisotopic (exact) mass is 884 g/mol. The van der Waals surface area contributed by atoms with Crippen LogP contribution in [0.1, 0.15) is 105 Å². The topological polar surface area (TPSA) is 151 Å². The molecule has 0 aromatic heterocycles. The Morgan fingerprint density at radius 1 is 0.918 bits per heavy atom. The lowest BCUT2D eigenvalue weighted by atomic mass is 9.85. The van der Waals surface area contributed by atoms with Gasteiger partial charge >= 0.3 is 6.09 Å². The molecule has 1 saturated heterocycles. The first-order chi connectivity index (χ1) is 28.5. The largest absolute Gasteiger partial charge is 0.444 e. The van der Waals surface area contributed by atoms with Gasteiger partial charge in [0.15, 0.2) is 0 Å². The fraction of sp³-hybridized carbons (Fsp3) is 0.565. The second kappa shape index (κ2) is 18.6. The van der Waals surface area contributed by atoms with E-state index in [4.69, 9.17) is 4.74 Å². The lowest BCUT2D eigenvalue weighted by Crippen LogP contribution is -2.60. The maximum Gasteiger partial charge on any atom is 0.408 e. The van der Waals surface area contributed by atoms with Gasteiger partial charge in [0, 0.05) is 12.3 Å². The number of alkyl halides is 2. The van der Waals surface area contributed by atoms with Crippen molar-refractivity contribution in [1.82, 2.24) is 20.3 Å². The van der Waals surface area contributed by atoms with Gasteiger partial charge in [-0.3, -0.25) is 19.1 Å². The third kappa shape index (κ3) is 11.1. The molecule has 2 aromatic rings. The Labute approximate surface area is 364 Å². The van der Waals surface area contributed by atoms with Gasteiger partial charge in [0.1, 0.15) is 23.2 Å². The molecule has 0 bridgehead atoms. The second-order valence-corrected chi connectivity index (χ2v) is 22.3. The minimum Gasteiger partial charge on any atom is -0.444 e. The zero-order chi connectivity index (χ0) is 45.0. The molecule has 0 spiro atoms. The molecule has 0 radical (unpaired) electrons. The third-order valence-corrected chi connectivity index (χ3v) is 15.6. The van der Waals surface area contributed by atoms with E-state index < -0.39 is 90.7 Å². The lowest BCUT2D eigenvalue weighted by Gasteiger charge is -2.36. The van der Waals surface area contributed by atoms with E-state index in [2.05, 4.69) is 28.5 Å². The number of ether oxygens (including phenoxy) is 1. The zero-order valence-corrected chi connectivity index (χ0v) is 37.9. The average Bonchev–Trinajstić information content (AvgIpc) is 4.10. The summed E-state index contributed by atoms with van der Waals surface area (Å²) in [6.07, 6.45) is 3.10. The summed E-state index contributed by atoms with van der Waals surface area (Å²) in [5.41, 5.74) is -1.30. The fourth-order valence-electron chi connectivity index (χ4n) is 8.17.